The van der Waals surface area contributed by atoms with Gasteiger partial charge in [0.15, 0.2) is 0 Å². The second-order valence-electron chi connectivity index (χ2n) is 6.07. The molecule has 0 bridgehead atoms. The van der Waals surface area contributed by atoms with E-state index in [1.807, 2.05) is 56.3 Å². The van der Waals surface area contributed by atoms with Crippen LogP contribution in [0.2, 0.25) is 0 Å². The summed E-state index contributed by atoms with van der Waals surface area (Å²) in [6.07, 6.45) is 5.25. The third-order valence-electron chi connectivity index (χ3n) is 4.36. The zero-order valence-corrected chi connectivity index (χ0v) is 14.5. The van der Waals surface area contributed by atoms with Crippen molar-refractivity contribution >= 4 is 17.3 Å². The van der Waals surface area contributed by atoms with Crippen molar-refractivity contribution in [3.8, 4) is 5.75 Å². The molecular formula is C18H24N4O2. The molecule has 0 radical (unpaired) electrons. The lowest BCUT2D eigenvalue weighted by molar-refractivity contribution is -0.118. The van der Waals surface area contributed by atoms with Gasteiger partial charge in [-0.2, -0.15) is 0 Å². The molecule has 0 spiro atoms. The molecular weight excluding hydrogens is 304 g/mol. The number of carbonyl (C=O) groups excluding carboxylic acids is 1. The monoisotopic (exact) mass is 328 g/mol. The zero-order chi connectivity index (χ0) is 17.1. The number of amides is 1. The van der Waals surface area contributed by atoms with Crippen molar-refractivity contribution in [2.24, 2.45) is 7.05 Å². The third-order valence-corrected chi connectivity index (χ3v) is 4.36. The average Bonchev–Trinajstić information content (AvgIpc) is 3.03. The van der Waals surface area contributed by atoms with Gasteiger partial charge in [0.1, 0.15) is 12.4 Å². The highest BCUT2D eigenvalue weighted by molar-refractivity contribution is 5.93. The summed E-state index contributed by atoms with van der Waals surface area (Å²) in [5.41, 5.74) is 3.03. The Morgan fingerprint density at radius 3 is 2.96 bits per heavy atom. The van der Waals surface area contributed by atoms with Crippen molar-refractivity contribution in [2.75, 3.05) is 36.5 Å². The summed E-state index contributed by atoms with van der Waals surface area (Å²) >= 11 is 0. The molecule has 6 heteroatoms. The first-order valence-corrected chi connectivity index (χ1v) is 8.33. The summed E-state index contributed by atoms with van der Waals surface area (Å²) in [6, 6.07) is 5.94. The summed E-state index contributed by atoms with van der Waals surface area (Å²) in [5.74, 6) is 0.982. The van der Waals surface area contributed by atoms with Crippen molar-refractivity contribution in [1.82, 2.24) is 9.55 Å². The van der Waals surface area contributed by atoms with Crippen LogP contribution in [0.15, 0.2) is 30.7 Å². The zero-order valence-electron chi connectivity index (χ0n) is 14.5. The van der Waals surface area contributed by atoms with E-state index in [-0.39, 0.29) is 5.91 Å². The van der Waals surface area contributed by atoms with E-state index in [1.54, 1.807) is 4.90 Å². The number of hydrogen-bond acceptors (Lipinski definition) is 4. The molecule has 24 heavy (non-hydrogen) atoms. The van der Waals surface area contributed by atoms with E-state index >= 15 is 0 Å². The van der Waals surface area contributed by atoms with Crippen molar-refractivity contribution in [1.29, 1.82) is 0 Å². The molecule has 2 aromatic rings. The van der Waals surface area contributed by atoms with Crippen LogP contribution >= 0.6 is 0 Å². The Bertz CT molecular complexity index is 726. The maximum Gasteiger partial charge on any atom is 0.226 e. The van der Waals surface area contributed by atoms with Crippen molar-refractivity contribution in [2.45, 2.75) is 19.8 Å². The van der Waals surface area contributed by atoms with Crippen LogP contribution in [-0.2, 0) is 18.3 Å². The number of rotatable bonds is 5. The fourth-order valence-corrected chi connectivity index (χ4v) is 2.93. The number of benzene rings is 1. The quantitative estimate of drug-likeness (QED) is 0.845. The average molecular weight is 328 g/mol. The molecule has 6 nitrogen and oxygen atoms in total. The van der Waals surface area contributed by atoms with Gasteiger partial charge in [0, 0.05) is 45.4 Å². The fourth-order valence-electron chi connectivity index (χ4n) is 2.93. The third kappa shape index (κ3) is 3.37. The highest BCUT2D eigenvalue weighted by atomic mass is 16.5. The first-order chi connectivity index (χ1) is 11.6. The SMILES string of the molecule is CCC(=O)N(C)c1ccc2c(c1)N(CCc1cn(C)cn1)CCO2. The summed E-state index contributed by atoms with van der Waals surface area (Å²) < 4.78 is 7.73. The Hall–Kier alpha value is -2.50. The number of aromatic nitrogens is 2. The predicted molar refractivity (Wildman–Crippen MR) is 94.8 cm³/mol. The molecule has 0 atom stereocenters. The first-order valence-electron chi connectivity index (χ1n) is 8.33. The molecule has 1 aromatic heterocycles. The molecule has 1 aliphatic heterocycles. The normalized spacial score (nSPS) is 13.4. The number of ether oxygens (including phenoxy) is 1. The molecule has 3 rings (SSSR count). The maximum atomic E-state index is 11.9. The number of hydrogen-bond donors (Lipinski definition) is 0. The van der Waals surface area contributed by atoms with Gasteiger partial charge in [-0.3, -0.25) is 4.79 Å². The van der Waals surface area contributed by atoms with Gasteiger partial charge < -0.3 is 19.1 Å². The Morgan fingerprint density at radius 1 is 1.42 bits per heavy atom. The summed E-state index contributed by atoms with van der Waals surface area (Å²) in [6.45, 7) is 4.27. The largest absolute Gasteiger partial charge is 0.490 e. The molecule has 0 unspecified atom stereocenters. The Kier molecular flexibility index (Phi) is 4.74. The van der Waals surface area contributed by atoms with Crippen LogP contribution in [-0.4, -0.2) is 42.2 Å². The Labute approximate surface area is 142 Å². The predicted octanol–water partition coefficient (Wildman–Crippen LogP) is 2.23. The molecule has 1 amide bonds. The van der Waals surface area contributed by atoms with Crippen LogP contribution in [0.5, 0.6) is 5.75 Å². The highest BCUT2D eigenvalue weighted by Gasteiger charge is 2.20. The maximum absolute atomic E-state index is 11.9. The second-order valence-corrected chi connectivity index (χ2v) is 6.07. The van der Waals surface area contributed by atoms with Crippen LogP contribution in [0.4, 0.5) is 11.4 Å². The topological polar surface area (TPSA) is 50.6 Å². The van der Waals surface area contributed by atoms with Crippen LogP contribution in [0.25, 0.3) is 0 Å². The lowest BCUT2D eigenvalue weighted by Crippen LogP contribution is -2.34. The van der Waals surface area contributed by atoms with Gasteiger partial charge in [-0.15, -0.1) is 0 Å². The van der Waals surface area contributed by atoms with E-state index in [2.05, 4.69) is 9.88 Å². The molecule has 0 N–H and O–H groups in total. The molecule has 1 aromatic carbocycles. The fraction of sp³-hybridized carbons (Fsp3) is 0.444. The van der Waals surface area contributed by atoms with Gasteiger partial charge in [0.05, 0.1) is 24.3 Å². The molecule has 0 fully saturated rings. The van der Waals surface area contributed by atoms with Crippen LogP contribution in [0.1, 0.15) is 19.0 Å². The molecule has 0 saturated carbocycles. The van der Waals surface area contributed by atoms with E-state index in [1.165, 1.54) is 0 Å². The Morgan fingerprint density at radius 2 is 2.25 bits per heavy atom. The Balaban J connectivity index is 1.78. The van der Waals surface area contributed by atoms with Gasteiger partial charge >= 0.3 is 0 Å². The molecule has 1 aliphatic rings. The number of carbonyl (C=O) groups is 1. The molecule has 0 saturated heterocycles. The summed E-state index contributed by atoms with van der Waals surface area (Å²) in [5, 5.41) is 0. The van der Waals surface area contributed by atoms with Crippen LogP contribution < -0.4 is 14.5 Å². The standard InChI is InChI=1S/C18H24N4O2/c1-4-18(23)21(3)15-5-6-17-16(11-15)22(9-10-24-17)8-7-14-12-20(2)13-19-14/h5-6,11-13H,4,7-10H2,1-3H3. The van der Waals surface area contributed by atoms with Crippen LogP contribution in [0, 0.1) is 0 Å². The first kappa shape index (κ1) is 16.4. The van der Waals surface area contributed by atoms with Crippen molar-refractivity contribution in [3.63, 3.8) is 0 Å². The van der Waals surface area contributed by atoms with Crippen molar-refractivity contribution < 1.29 is 9.53 Å². The minimum atomic E-state index is 0.103. The van der Waals surface area contributed by atoms with Gasteiger partial charge in [-0.1, -0.05) is 6.92 Å². The number of aryl methyl sites for hydroxylation is 1. The smallest absolute Gasteiger partial charge is 0.226 e. The lowest BCUT2D eigenvalue weighted by atomic mass is 10.2. The van der Waals surface area contributed by atoms with Crippen molar-refractivity contribution in [3.05, 3.63) is 36.4 Å². The summed E-state index contributed by atoms with van der Waals surface area (Å²) in [7, 11) is 3.79. The number of nitrogens with zero attached hydrogens (tertiary/aromatic N) is 4. The van der Waals surface area contributed by atoms with E-state index in [4.69, 9.17) is 4.74 Å². The highest BCUT2D eigenvalue weighted by Crippen LogP contribution is 2.35. The van der Waals surface area contributed by atoms with Gasteiger partial charge in [-0.05, 0) is 18.2 Å². The summed E-state index contributed by atoms with van der Waals surface area (Å²) in [4.78, 5) is 20.3. The van der Waals surface area contributed by atoms with E-state index in [0.29, 0.717) is 13.0 Å². The minimum absolute atomic E-state index is 0.103. The van der Waals surface area contributed by atoms with Crippen LogP contribution in [0.3, 0.4) is 0 Å². The molecule has 2 heterocycles. The van der Waals surface area contributed by atoms with E-state index in [9.17, 15) is 4.79 Å². The van der Waals surface area contributed by atoms with E-state index in [0.717, 1.165) is 42.3 Å². The molecule has 0 aliphatic carbocycles. The lowest BCUT2D eigenvalue weighted by Gasteiger charge is -2.32. The number of anilines is 2. The van der Waals surface area contributed by atoms with Gasteiger partial charge in [0.25, 0.3) is 0 Å². The number of fused-ring (bicyclic) bond motifs is 1. The minimum Gasteiger partial charge on any atom is -0.490 e. The molecule has 128 valence electrons. The van der Waals surface area contributed by atoms with Gasteiger partial charge in [-0.25, -0.2) is 4.98 Å². The second kappa shape index (κ2) is 6.95. The number of imidazole rings is 1. The van der Waals surface area contributed by atoms with Gasteiger partial charge in [0.2, 0.25) is 5.91 Å². The van der Waals surface area contributed by atoms with E-state index < -0.39 is 0 Å².